The predicted octanol–water partition coefficient (Wildman–Crippen LogP) is 10.1. The first kappa shape index (κ1) is 28.7. The summed E-state index contributed by atoms with van der Waals surface area (Å²) >= 11 is 0. The molecule has 214 valence electrons. The van der Waals surface area contributed by atoms with Crippen LogP contribution in [0.2, 0.25) is 0 Å². The highest BCUT2D eigenvalue weighted by molar-refractivity contribution is 5.80. The summed E-state index contributed by atoms with van der Waals surface area (Å²) in [6, 6.07) is 0. The van der Waals surface area contributed by atoms with Gasteiger partial charge in [-0.15, -0.1) is 0 Å². The molecule has 40 heavy (non-hydrogen) atoms. The first-order valence-corrected chi connectivity index (χ1v) is 16.1. The molecule has 0 unspecified atom stereocenters. The second kappa shape index (κ2) is 12.0. The number of unbranched alkanes of at least 4 members (excludes halogenated alkanes) is 9. The van der Waals surface area contributed by atoms with E-state index in [9.17, 15) is 0 Å². The van der Waals surface area contributed by atoms with E-state index in [1.165, 1.54) is 97.8 Å². The summed E-state index contributed by atoms with van der Waals surface area (Å²) in [5.41, 5.74) is 16.8. The van der Waals surface area contributed by atoms with Crippen molar-refractivity contribution in [3.8, 4) is 0 Å². The minimum atomic E-state index is -0.167. The smallest absolute Gasteiger partial charge is 0.0993 e. The molecular weight excluding hydrogens is 486 g/mol. The molecule has 0 aliphatic heterocycles. The Bertz CT molecular complexity index is 1320. The number of nitrogens with zero attached hydrogens (tertiary/aromatic N) is 2. The molecule has 2 N–H and O–H groups in total. The second-order valence-corrected chi connectivity index (χ2v) is 13.3. The van der Waals surface area contributed by atoms with E-state index in [-0.39, 0.29) is 10.8 Å². The van der Waals surface area contributed by atoms with Gasteiger partial charge in [-0.2, -0.15) is 0 Å². The Hall–Kier alpha value is -2.81. The van der Waals surface area contributed by atoms with Gasteiger partial charge in [0.25, 0.3) is 0 Å². The Kier molecular flexibility index (Phi) is 8.59. The number of aromatic nitrogens is 2. The molecule has 0 spiro atoms. The summed E-state index contributed by atoms with van der Waals surface area (Å²) < 4.78 is 2.29. The normalized spacial score (nSPS) is 25.2. The summed E-state index contributed by atoms with van der Waals surface area (Å²) in [6.07, 6.45) is 36.4. The van der Waals surface area contributed by atoms with Crippen LogP contribution in [-0.2, 0) is 0 Å². The molecule has 3 nitrogen and oxygen atoms in total. The van der Waals surface area contributed by atoms with E-state index in [0.717, 1.165) is 24.2 Å². The van der Waals surface area contributed by atoms with Crippen LogP contribution in [0.15, 0.2) is 88.6 Å². The van der Waals surface area contributed by atoms with Crippen molar-refractivity contribution in [2.45, 2.75) is 118 Å². The molecule has 0 aromatic carbocycles. The van der Waals surface area contributed by atoms with Gasteiger partial charge in [-0.05, 0) is 65.7 Å². The summed E-state index contributed by atoms with van der Waals surface area (Å²) in [5.74, 6) is 0.419. The quantitative estimate of drug-likeness (QED) is 0.254. The van der Waals surface area contributed by atoms with Crippen LogP contribution in [-0.4, -0.2) is 9.55 Å². The Morgan fingerprint density at radius 1 is 0.925 bits per heavy atom. The highest BCUT2D eigenvalue weighted by atomic mass is 15.1. The average Bonchev–Trinajstić information content (AvgIpc) is 3.52. The lowest BCUT2D eigenvalue weighted by Crippen LogP contribution is -2.33. The second-order valence-electron chi connectivity index (χ2n) is 13.3. The minimum Gasteiger partial charge on any atom is -0.402 e. The fraction of sp³-hybridized carbons (Fsp3) is 0.541. The van der Waals surface area contributed by atoms with Crippen LogP contribution in [0, 0.1) is 10.8 Å². The monoisotopic (exact) mass is 537 g/mol. The zero-order valence-corrected chi connectivity index (χ0v) is 25.7. The van der Waals surface area contributed by atoms with Gasteiger partial charge in [0.05, 0.1) is 17.4 Å². The maximum Gasteiger partial charge on any atom is 0.0993 e. The van der Waals surface area contributed by atoms with Gasteiger partial charge in [-0.3, -0.25) is 0 Å². The van der Waals surface area contributed by atoms with Gasteiger partial charge in [0.15, 0.2) is 0 Å². The van der Waals surface area contributed by atoms with Gasteiger partial charge < -0.3 is 10.3 Å². The molecule has 5 rings (SSSR count). The molecule has 4 aliphatic carbocycles. The minimum absolute atomic E-state index is 0.0709. The third kappa shape index (κ3) is 5.41. The third-order valence-electron chi connectivity index (χ3n) is 9.79. The number of hydrogen-bond donors (Lipinski definition) is 1. The van der Waals surface area contributed by atoms with E-state index in [0.29, 0.717) is 5.92 Å². The van der Waals surface area contributed by atoms with Crippen LogP contribution < -0.4 is 5.73 Å². The fourth-order valence-corrected chi connectivity index (χ4v) is 7.32. The standard InChI is InChI=1S/C37H51N3/c1-6-7-8-9-10-11-12-13-14-15-16-28-23-34(40-25-33(27(2)3)39-26-40)36(4)22-21-32-31(35(28)36)20-18-29-17-19-30(38)24-37(29,32)5/h17-23,25-27H,6-16,24,38H2,1-5H3/t36-,37-/m1/s1. The molecule has 1 heterocycles. The average molecular weight is 538 g/mol. The molecule has 0 bridgehead atoms. The van der Waals surface area contributed by atoms with Crippen molar-refractivity contribution >= 4 is 5.70 Å². The number of fused-ring (bicyclic) bond motifs is 4. The first-order valence-electron chi connectivity index (χ1n) is 16.1. The molecule has 0 radical (unpaired) electrons. The summed E-state index contributed by atoms with van der Waals surface area (Å²) in [7, 11) is 0. The summed E-state index contributed by atoms with van der Waals surface area (Å²) in [5, 5.41) is 0. The van der Waals surface area contributed by atoms with Crippen LogP contribution in [0.25, 0.3) is 5.70 Å². The van der Waals surface area contributed by atoms with Gasteiger partial charge in [-0.25, -0.2) is 4.98 Å². The van der Waals surface area contributed by atoms with Crippen LogP contribution in [0.3, 0.4) is 0 Å². The van der Waals surface area contributed by atoms with E-state index in [4.69, 9.17) is 10.7 Å². The molecule has 1 aromatic heterocycles. The molecule has 1 aromatic rings. The van der Waals surface area contributed by atoms with Gasteiger partial charge in [0.1, 0.15) is 0 Å². The molecule has 4 aliphatic rings. The predicted molar refractivity (Wildman–Crippen MR) is 171 cm³/mol. The van der Waals surface area contributed by atoms with Gasteiger partial charge in [-0.1, -0.05) is 116 Å². The largest absolute Gasteiger partial charge is 0.402 e. The van der Waals surface area contributed by atoms with Crippen molar-refractivity contribution < 1.29 is 0 Å². The Morgan fingerprint density at radius 3 is 2.30 bits per heavy atom. The van der Waals surface area contributed by atoms with E-state index in [1.54, 1.807) is 0 Å². The number of imidazole rings is 1. The lowest BCUT2D eigenvalue weighted by Gasteiger charge is -2.44. The summed E-state index contributed by atoms with van der Waals surface area (Å²) in [4.78, 5) is 4.76. The van der Waals surface area contributed by atoms with E-state index >= 15 is 0 Å². The molecular formula is C37H51N3. The van der Waals surface area contributed by atoms with Crippen molar-refractivity contribution in [3.63, 3.8) is 0 Å². The topological polar surface area (TPSA) is 43.8 Å². The maximum absolute atomic E-state index is 6.39. The fourth-order valence-electron chi connectivity index (χ4n) is 7.32. The molecule has 2 atom stereocenters. The van der Waals surface area contributed by atoms with E-state index < -0.39 is 0 Å². The van der Waals surface area contributed by atoms with Crippen molar-refractivity contribution in [1.29, 1.82) is 0 Å². The van der Waals surface area contributed by atoms with Gasteiger partial charge in [0, 0.05) is 29.4 Å². The maximum atomic E-state index is 6.39. The number of rotatable bonds is 13. The first-order chi connectivity index (χ1) is 19.3. The van der Waals surface area contributed by atoms with Crippen molar-refractivity contribution in [3.05, 3.63) is 94.3 Å². The summed E-state index contributed by atoms with van der Waals surface area (Å²) in [6.45, 7) is 11.5. The molecule has 0 fully saturated rings. The van der Waals surface area contributed by atoms with Gasteiger partial charge >= 0.3 is 0 Å². The zero-order valence-electron chi connectivity index (χ0n) is 25.7. The van der Waals surface area contributed by atoms with Crippen LogP contribution in [0.4, 0.5) is 0 Å². The Balaban J connectivity index is 1.38. The van der Waals surface area contributed by atoms with Crippen LogP contribution in [0.1, 0.15) is 123 Å². The van der Waals surface area contributed by atoms with Crippen LogP contribution >= 0.6 is 0 Å². The molecule has 3 heteroatoms. The molecule has 0 saturated heterocycles. The Morgan fingerprint density at radius 2 is 1.62 bits per heavy atom. The SMILES string of the molecule is CCCCCCCCCCCCC1=C2C3=C(C=C[C@]2(C)C(n2cnc(C(C)C)c2)=C1)[C@]1(C)CC(N)=CC=C1C=C3. The van der Waals surface area contributed by atoms with E-state index in [2.05, 4.69) is 87.9 Å². The third-order valence-corrected chi connectivity index (χ3v) is 9.79. The number of allylic oxidation sites excluding steroid dienone is 14. The highest BCUT2D eigenvalue weighted by Gasteiger charge is 2.46. The van der Waals surface area contributed by atoms with E-state index in [1.807, 2.05) is 6.33 Å². The van der Waals surface area contributed by atoms with Crippen molar-refractivity contribution in [1.82, 2.24) is 9.55 Å². The van der Waals surface area contributed by atoms with Crippen molar-refractivity contribution in [2.75, 3.05) is 0 Å². The number of hydrogen-bond acceptors (Lipinski definition) is 2. The zero-order chi connectivity index (χ0) is 28.3. The lowest BCUT2D eigenvalue weighted by atomic mass is 9.60. The lowest BCUT2D eigenvalue weighted by molar-refractivity contribution is 0.473. The highest BCUT2D eigenvalue weighted by Crippen LogP contribution is 2.59. The van der Waals surface area contributed by atoms with Crippen LogP contribution in [0.5, 0.6) is 0 Å². The van der Waals surface area contributed by atoms with Gasteiger partial charge in [0.2, 0.25) is 0 Å². The molecule has 0 amide bonds. The Labute approximate surface area is 243 Å². The number of nitrogens with two attached hydrogens (primary N) is 1. The van der Waals surface area contributed by atoms with Crippen molar-refractivity contribution in [2.24, 2.45) is 16.6 Å². The molecule has 0 saturated carbocycles.